The van der Waals surface area contributed by atoms with E-state index in [4.69, 9.17) is 0 Å². The molecule has 104 valence electrons. The third kappa shape index (κ3) is 4.50. The molecule has 2 rings (SSSR count). The highest BCUT2D eigenvalue weighted by Crippen LogP contribution is 2.18. The molecule has 3 nitrogen and oxygen atoms in total. The van der Waals surface area contributed by atoms with Crippen LogP contribution in [0.4, 0.5) is 0 Å². The monoisotopic (exact) mass is 267 g/mol. The van der Waals surface area contributed by atoms with Crippen molar-refractivity contribution >= 4 is 0 Å². The predicted molar refractivity (Wildman–Crippen MR) is 82.4 cm³/mol. The molecule has 0 aliphatic carbocycles. The zero-order valence-electron chi connectivity index (χ0n) is 11.7. The highest BCUT2D eigenvalue weighted by atomic mass is 15.3. The van der Waals surface area contributed by atoms with Crippen LogP contribution in [0.3, 0.4) is 0 Å². The van der Waals surface area contributed by atoms with Crippen molar-refractivity contribution in [3.8, 4) is 0 Å². The first-order valence-corrected chi connectivity index (χ1v) is 7.05. The molecule has 1 atom stereocenters. The van der Waals surface area contributed by atoms with Crippen LogP contribution in [0.25, 0.3) is 0 Å². The largest absolute Gasteiger partial charge is 0.269 e. The lowest BCUT2D eigenvalue weighted by atomic mass is 10.1. The van der Waals surface area contributed by atoms with Gasteiger partial charge in [-0.05, 0) is 37.5 Å². The number of nitrogens with zero attached hydrogens (tertiary/aromatic N) is 3. The molecule has 0 saturated heterocycles. The number of hydrogen-bond acceptors (Lipinski definition) is 2. The van der Waals surface area contributed by atoms with E-state index in [0.717, 1.165) is 31.4 Å². The fraction of sp³-hybridized carbons (Fsp3) is 0.294. The summed E-state index contributed by atoms with van der Waals surface area (Å²) in [5.41, 5.74) is 1.10. The standard InChI is InChI=1S/C17H21N3/c1-2-3-11-17(20-15-8-14-19-20)12-5-4-9-16-10-6-7-13-18-16/h2,4-8,10,13-15,17H,1,3,9,11-12H2. The molecule has 0 saturated carbocycles. The summed E-state index contributed by atoms with van der Waals surface area (Å²) in [6, 6.07) is 8.39. The third-order valence-electron chi connectivity index (χ3n) is 3.23. The van der Waals surface area contributed by atoms with Crippen LogP contribution in [0.15, 0.2) is 67.7 Å². The Morgan fingerprint density at radius 2 is 2.15 bits per heavy atom. The molecule has 0 amide bonds. The minimum atomic E-state index is 0.406. The average molecular weight is 267 g/mol. The first-order chi connectivity index (χ1) is 9.90. The van der Waals surface area contributed by atoms with Crippen LogP contribution in [0.5, 0.6) is 0 Å². The first-order valence-electron chi connectivity index (χ1n) is 7.05. The molecule has 20 heavy (non-hydrogen) atoms. The summed E-state index contributed by atoms with van der Waals surface area (Å²) in [4.78, 5) is 4.31. The predicted octanol–water partition coefficient (Wildman–Crippen LogP) is 3.97. The van der Waals surface area contributed by atoms with Gasteiger partial charge in [-0.3, -0.25) is 9.67 Å². The van der Waals surface area contributed by atoms with Crippen LogP contribution in [-0.2, 0) is 6.42 Å². The van der Waals surface area contributed by atoms with E-state index in [-0.39, 0.29) is 0 Å². The maximum Gasteiger partial charge on any atom is 0.0556 e. The van der Waals surface area contributed by atoms with Gasteiger partial charge < -0.3 is 0 Å². The van der Waals surface area contributed by atoms with E-state index >= 15 is 0 Å². The van der Waals surface area contributed by atoms with Gasteiger partial charge in [0, 0.05) is 30.7 Å². The Kier molecular flexibility index (Phi) is 5.77. The second-order valence-electron chi connectivity index (χ2n) is 4.74. The quantitative estimate of drug-likeness (QED) is 0.677. The number of pyridine rings is 1. The molecular formula is C17H21N3. The Balaban J connectivity index is 1.86. The van der Waals surface area contributed by atoms with Crippen LogP contribution in [-0.4, -0.2) is 14.8 Å². The van der Waals surface area contributed by atoms with Gasteiger partial charge in [0.2, 0.25) is 0 Å². The lowest BCUT2D eigenvalue weighted by Gasteiger charge is -2.14. The molecule has 0 N–H and O–H groups in total. The van der Waals surface area contributed by atoms with E-state index < -0.39 is 0 Å². The average Bonchev–Trinajstić information content (AvgIpc) is 3.02. The van der Waals surface area contributed by atoms with E-state index in [1.54, 1.807) is 0 Å². The fourth-order valence-corrected chi connectivity index (χ4v) is 2.14. The molecule has 2 heterocycles. The molecule has 2 aromatic heterocycles. The maximum absolute atomic E-state index is 4.34. The molecule has 0 radical (unpaired) electrons. The highest BCUT2D eigenvalue weighted by molar-refractivity contribution is 5.07. The smallest absolute Gasteiger partial charge is 0.0556 e. The van der Waals surface area contributed by atoms with Gasteiger partial charge >= 0.3 is 0 Å². The number of aromatic nitrogens is 3. The van der Waals surface area contributed by atoms with Crippen LogP contribution in [0.2, 0.25) is 0 Å². The zero-order valence-corrected chi connectivity index (χ0v) is 11.7. The summed E-state index contributed by atoms with van der Waals surface area (Å²) in [5.74, 6) is 0. The van der Waals surface area contributed by atoms with Gasteiger partial charge in [-0.1, -0.05) is 24.3 Å². The van der Waals surface area contributed by atoms with E-state index in [0.29, 0.717) is 6.04 Å². The molecule has 0 bridgehead atoms. The second kappa shape index (κ2) is 8.10. The number of hydrogen-bond donors (Lipinski definition) is 0. The van der Waals surface area contributed by atoms with Gasteiger partial charge in [0.25, 0.3) is 0 Å². The van der Waals surface area contributed by atoms with Crippen LogP contribution in [0.1, 0.15) is 31.0 Å². The molecule has 0 aliphatic rings. The SMILES string of the molecule is C=CCCC(CC=CCc1ccccn1)n1cccn1. The van der Waals surface area contributed by atoms with Crippen molar-refractivity contribution in [3.05, 3.63) is 73.4 Å². The van der Waals surface area contributed by atoms with Crippen molar-refractivity contribution < 1.29 is 0 Å². The summed E-state index contributed by atoms with van der Waals surface area (Å²) in [6.07, 6.45) is 16.0. The molecule has 0 fully saturated rings. The molecule has 1 unspecified atom stereocenters. The van der Waals surface area contributed by atoms with Gasteiger partial charge in [0.1, 0.15) is 0 Å². The van der Waals surface area contributed by atoms with Crippen molar-refractivity contribution in [1.82, 2.24) is 14.8 Å². The lowest BCUT2D eigenvalue weighted by Crippen LogP contribution is -2.08. The molecule has 0 aliphatic heterocycles. The van der Waals surface area contributed by atoms with E-state index in [1.165, 1.54) is 0 Å². The van der Waals surface area contributed by atoms with Crippen molar-refractivity contribution in [2.45, 2.75) is 31.7 Å². The van der Waals surface area contributed by atoms with Gasteiger partial charge in [0.05, 0.1) is 6.04 Å². The second-order valence-corrected chi connectivity index (χ2v) is 4.74. The Morgan fingerprint density at radius 3 is 2.85 bits per heavy atom. The van der Waals surface area contributed by atoms with Crippen molar-refractivity contribution in [1.29, 1.82) is 0 Å². The fourth-order valence-electron chi connectivity index (χ4n) is 2.14. The highest BCUT2D eigenvalue weighted by Gasteiger charge is 2.07. The summed E-state index contributed by atoms with van der Waals surface area (Å²) in [5, 5.41) is 4.34. The third-order valence-corrected chi connectivity index (χ3v) is 3.23. The first kappa shape index (κ1) is 14.3. The Labute approximate surface area is 120 Å². The van der Waals surface area contributed by atoms with Crippen molar-refractivity contribution in [2.24, 2.45) is 0 Å². The normalized spacial score (nSPS) is 12.6. The van der Waals surface area contributed by atoms with Crippen molar-refractivity contribution in [3.63, 3.8) is 0 Å². The van der Waals surface area contributed by atoms with Crippen LogP contribution in [0, 0.1) is 0 Å². The Bertz CT molecular complexity index is 514. The number of allylic oxidation sites excluding steroid dienone is 3. The molecule has 0 aromatic carbocycles. The van der Waals surface area contributed by atoms with E-state index in [2.05, 4.69) is 28.8 Å². The van der Waals surface area contributed by atoms with Crippen LogP contribution >= 0.6 is 0 Å². The van der Waals surface area contributed by atoms with Crippen LogP contribution < -0.4 is 0 Å². The minimum Gasteiger partial charge on any atom is -0.269 e. The Morgan fingerprint density at radius 1 is 1.20 bits per heavy atom. The van der Waals surface area contributed by atoms with E-state index in [1.807, 2.05) is 53.6 Å². The van der Waals surface area contributed by atoms with Gasteiger partial charge in [0.15, 0.2) is 0 Å². The summed E-state index contributed by atoms with van der Waals surface area (Å²) < 4.78 is 2.04. The minimum absolute atomic E-state index is 0.406. The zero-order chi connectivity index (χ0) is 14.0. The lowest BCUT2D eigenvalue weighted by molar-refractivity contribution is 0.431. The summed E-state index contributed by atoms with van der Waals surface area (Å²) in [6.45, 7) is 3.79. The van der Waals surface area contributed by atoms with Gasteiger partial charge in [-0.15, -0.1) is 6.58 Å². The topological polar surface area (TPSA) is 30.7 Å². The maximum atomic E-state index is 4.34. The molecule has 0 spiro atoms. The molecule has 3 heteroatoms. The van der Waals surface area contributed by atoms with E-state index in [9.17, 15) is 0 Å². The molecular weight excluding hydrogens is 246 g/mol. The Hall–Kier alpha value is -2.16. The van der Waals surface area contributed by atoms with Gasteiger partial charge in [-0.2, -0.15) is 5.10 Å². The molecule has 2 aromatic rings. The summed E-state index contributed by atoms with van der Waals surface area (Å²) >= 11 is 0. The van der Waals surface area contributed by atoms with Gasteiger partial charge in [-0.25, -0.2) is 0 Å². The number of rotatable bonds is 8. The summed E-state index contributed by atoms with van der Waals surface area (Å²) in [7, 11) is 0. The van der Waals surface area contributed by atoms with Crippen molar-refractivity contribution in [2.75, 3.05) is 0 Å².